The molecule has 0 fully saturated rings. The Morgan fingerprint density at radius 1 is 0.789 bits per heavy atom. The van der Waals surface area contributed by atoms with Crippen molar-refractivity contribution in [3.63, 3.8) is 0 Å². The van der Waals surface area contributed by atoms with Crippen molar-refractivity contribution in [2.45, 2.75) is 25.8 Å². The molecule has 5 heteroatoms. The minimum Gasteiger partial charge on any atom is -0.338 e. The summed E-state index contributed by atoms with van der Waals surface area (Å²) in [5.74, 6) is 0.187. The molecule has 0 spiro atoms. The molecule has 0 bridgehead atoms. The fourth-order valence-electron chi connectivity index (χ4n) is 4.90. The highest BCUT2D eigenvalue weighted by Crippen LogP contribution is 2.27. The molecule has 1 amide bonds. The summed E-state index contributed by atoms with van der Waals surface area (Å²) in [5, 5.41) is 4.61. The van der Waals surface area contributed by atoms with Crippen LogP contribution in [-0.2, 0) is 24.2 Å². The molecular formula is C33H29N3OS. The summed E-state index contributed by atoms with van der Waals surface area (Å²) in [5.41, 5.74) is 5.62. The lowest BCUT2D eigenvalue weighted by Crippen LogP contribution is -2.32. The lowest BCUT2D eigenvalue weighted by atomic mass is 10.1. The first-order chi connectivity index (χ1) is 18.7. The van der Waals surface area contributed by atoms with Gasteiger partial charge in [-0.05, 0) is 34.4 Å². The number of aromatic nitrogens is 2. The maximum Gasteiger partial charge on any atom is 0.223 e. The maximum absolute atomic E-state index is 13.3. The van der Waals surface area contributed by atoms with E-state index in [1.807, 2.05) is 41.3 Å². The van der Waals surface area contributed by atoms with Crippen LogP contribution >= 0.6 is 11.3 Å². The van der Waals surface area contributed by atoms with Gasteiger partial charge in [-0.15, -0.1) is 11.3 Å². The van der Waals surface area contributed by atoms with Gasteiger partial charge in [0.1, 0.15) is 0 Å². The predicted octanol–water partition coefficient (Wildman–Crippen LogP) is 7.42. The Bertz CT molecular complexity index is 1670. The van der Waals surface area contributed by atoms with Gasteiger partial charge in [0.15, 0.2) is 4.96 Å². The Morgan fingerprint density at radius 2 is 1.50 bits per heavy atom. The second kappa shape index (κ2) is 11.0. The summed E-state index contributed by atoms with van der Waals surface area (Å²) in [4.78, 5) is 21.2. The zero-order chi connectivity index (χ0) is 25.7. The van der Waals surface area contributed by atoms with Crippen molar-refractivity contribution in [2.75, 3.05) is 6.54 Å². The number of imidazole rings is 1. The number of hydrogen-bond donors (Lipinski definition) is 0. The molecule has 0 saturated carbocycles. The second-order valence-electron chi connectivity index (χ2n) is 9.60. The largest absolute Gasteiger partial charge is 0.338 e. The average Bonchev–Trinajstić information content (AvgIpc) is 3.56. The molecule has 2 heterocycles. The third kappa shape index (κ3) is 5.38. The fourth-order valence-corrected chi connectivity index (χ4v) is 5.80. The van der Waals surface area contributed by atoms with Gasteiger partial charge in [-0.3, -0.25) is 9.20 Å². The van der Waals surface area contributed by atoms with E-state index in [9.17, 15) is 4.79 Å². The van der Waals surface area contributed by atoms with Gasteiger partial charge in [-0.25, -0.2) is 4.98 Å². The Hall–Kier alpha value is -4.22. The minimum absolute atomic E-state index is 0.187. The molecule has 6 aromatic rings. The van der Waals surface area contributed by atoms with E-state index >= 15 is 0 Å². The quantitative estimate of drug-likeness (QED) is 0.201. The number of amides is 1. The van der Waals surface area contributed by atoms with Gasteiger partial charge < -0.3 is 4.90 Å². The van der Waals surface area contributed by atoms with Crippen LogP contribution in [0.5, 0.6) is 0 Å². The van der Waals surface area contributed by atoms with Gasteiger partial charge in [0.05, 0.1) is 5.69 Å². The van der Waals surface area contributed by atoms with Crippen molar-refractivity contribution >= 4 is 33.0 Å². The summed E-state index contributed by atoms with van der Waals surface area (Å²) in [6.07, 6.45) is 4.17. The van der Waals surface area contributed by atoms with Crippen LogP contribution in [0.25, 0.3) is 27.0 Å². The standard InChI is InChI=1S/C33H29N3OS/c37-32(18-15-25-9-3-1-4-10-25)35(22-26-11-5-2-6-12-26)20-19-30-24-38-33-34-31(23-36(30)33)29-17-16-27-13-7-8-14-28(27)21-29/h1-14,16-17,21,23-24H,15,18-20,22H2. The van der Waals surface area contributed by atoms with Crippen LogP contribution in [-0.4, -0.2) is 26.7 Å². The van der Waals surface area contributed by atoms with E-state index in [1.165, 1.54) is 22.0 Å². The fraction of sp³-hybridized carbons (Fsp3) is 0.152. The summed E-state index contributed by atoms with van der Waals surface area (Å²) in [7, 11) is 0. The van der Waals surface area contributed by atoms with Gasteiger partial charge in [0.25, 0.3) is 0 Å². The molecule has 0 aliphatic carbocycles. The second-order valence-corrected chi connectivity index (χ2v) is 10.4. The van der Waals surface area contributed by atoms with E-state index in [1.54, 1.807) is 11.3 Å². The zero-order valence-corrected chi connectivity index (χ0v) is 22.0. The Balaban J connectivity index is 1.20. The van der Waals surface area contributed by atoms with Gasteiger partial charge in [-0.1, -0.05) is 97.1 Å². The molecule has 0 unspecified atom stereocenters. The third-order valence-corrected chi connectivity index (χ3v) is 7.89. The smallest absolute Gasteiger partial charge is 0.223 e. The Kier molecular flexibility index (Phi) is 7.01. The third-order valence-electron chi connectivity index (χ3n) is 7.01. The highest BCUT2D eigenvalue weighted by atomic mass is 32.1. The van der Waals surface area contributed by atoms with Crippen LogP contribution in [0.1, 0.15) is 23.2 Å². The molecule has 4 aromatic carbocycles. The molecular weight excluding hydrogens is 486 g/mol. The van der Waals surface area contributed by atoms with Crippen molar-refractivity contribution in [3.8, 4) is 11.3 Å². The number of hydrogen-bond acceptors (Lipinski definition) is 3. The van der Waals surface area contributed by atoms with Crippen LogP contribution in [0.4, 0.5) is 0 Å². The Morgan fingerprint density at radius 3 is 2.29 bits per heavy atom. The lowest BCUT2D eigenvalue weighted by Gasteiger charge is -2.23. The number of nitrogens with zero attached hydrogens (tertiary/aromatic N) is 3. The van der Waals surface area contributed by atoms with Crippen molar-refractivity contribution < 1.29 is 4.79 Å². The SMILES string of the molecule is O=C(CCc1ccccc1)N(CCc1csc2nc(-c3ccc4ccccc4c3)cn12)Cc1ccccc1. The normalized spacial score (nSPS) is 11.3. The van der Waals surface area contributed by atoms with Gasteiger partial charge in [-0.2, -0.15) is 0 Å². The first-order valence-corrected chi connectivity index (χ1v) is 13.9. The van der Waals surface area contributed by atoms with Crippen LogP contribution in [0, 0.1) is 0 Å². The number of rotatable bonds is 9. The van der Waals surface area contributed by atoms with E-state index in [-0.39, 0.29) is 5.91 Å². The van der Waals surface area contributed by atoms with E-state index < -0.39 is 0 Å². The molecule has 0 atom stereocenters. The highest BCUT2D eigenvalue weighted by Gasteiger charge is 2.16. The molecule has 0 N–H and O–H groups in total. The number of fused-ring (bicyclic) bond motifs is 2. The molecule has 4 nitrogen and oxygen atoms in total. The molecule has 38 heavy (non-hydrogen) atoms. The van der Waals surface area contributed by atoms with E-state index in [0.29, 0.717) is 19.5 Å². The van der Waals surface area contributed by atoms with E-state index in [4.69, 9.17) is 4.98 Å². The predicted molar refractivity (Wildman–Crippen MR) is 156 cm³/mol. The van der Waals surface area contributed by atoms with Crippen molar-refractivity contribution in [1.82, 2.24) is 14.3 Å². The topological polar surface area (TPSA) is 37.6 Å². The summed E-state index contributed by atoms with van der Waals surface area (Å²) in [6.45, 7) is 1.28. The molecule has 0 aliphatic heterocycles. The van der Waals surface area contributed by atoms with Crippen molar-refractivity contribution in [1.29, 1.82) is 0 Å². The minimum atomic E-state index is 0.187. The first kappa shape index (κ1) is 24.1. The molecule has 2 aromatic heterocycles. The number of carbonyl (C=O) groups is 1. The van der Waals surface area contributed by atoms with Crippen LogP contribution in [0.2, 0.25) is 0 Å². The Labute approximate surface area is 226 Å². The van der Waals surface area contributed by atoms with Crippen molar-refractivity contribution in [2.24, 2.45) is 0 Å². The summed E-state index contributed by atoms with van der Waals surface area (Å²) in [6, 6.07) is 35.4. The monoisotopic (exact) mass is 515 g/mol. The lowest BCUT2D eigenvalue weighted by molar-refractivity contribution is -0.131. The van der Waals surface area contributed by atoms with E-state index in [0.717, 1.165) is 34.6 Å². The maximum atomic E-state index is 13.3. The van der Waals surface area contributed by atoms with E-state index in [2.05, 4.69) is 82.7 Å². The first-order valence-electron chi connectivity index (χ1n) is 13.0. The summed E-state index contributed by atoms with van der Waals surface area (Å²) >= 11 is 1.65. The van der Waals surface area contributed by atoms with Gasteiger partial charge in [0.2, 0.25) is 5.91 Å². The summed E-state index contributed by atoms with van der Waals surface area (Å²) < 4.78 is 2.18. The van der Waals surface area contributed by atoms with Crippen molar-refractivity contribution in [3.05, 3.63) is 132 Å². The number of aryl methyl sites for hydroxylation is 1. The molecule has 0 aliphatic rings. The molecule has 0 radical (unpaired) electrons. The van der Waals surface area contributed by atoms with Crippen LogP contribution in [0.15, 0.2) is 115 Å². The van der Waals surface area contributed by atoms with Gasteiger partial charge in [0, 0.05) is 48.8 Å². The molecule has 0 saturated heterocycles. The zero-order valence-electron chi connectivity index (χ0n) is 21.2. The number of carbonyl (C=O) groups excluding carboxylic acids is 1. The van der Waals surface area contributed by atoms with Crippen LogP contribution < -0.4 is 0 Å². The number of benzene rings is 4. The van der Waals surface area contributed by atoms with Crippen LogP contribution in [0.3, 0.4) is 0 Å². The molecule has 6 rings (SSSR count). The highest BCUT2D eigenvalue weighted by molar-refractivity contribution is 7.15. The van der Waals surface area contributed by atoms with Gasteiger partial charge >= 0.3 is 0 Å². The average molecular weight is 516 g/mol. The molecule has 188 valence electrons. The number of thiazole rings is 1.